The molecular weight excluding hydrogens is 324 g/mol. The molecule has 0 rings (SSSR count). The van der Waals surface area contributed by atoms with Crippen molar-refractivity contribution in [3.8, 4) is 0 Å². The molecule has 0 aliphatic heterocycles. The number of hydrogen-bond acceptors (Lipinski definition) is 2. The van der Waals surface area contributed by atoms with Gasteiger partial charge in [0.2, 0.25) is 10.5 Å². The summed E-state index contributed by atoms with van der Waals surface area (Å²) < 4.78 is 4.99. The van der Waals surface area contributed by atoms with Crippen LogP contribution in [-0.4, -0.2) is 16.5 Å². The van der Waals surface area contributed by atoms with E-state index >= 15 is 0 Å². The molecule has 0 radical (unpaired) electrons. The van der Waals surface area contributed by atoms with Crippen LogP contribution >= 0.6 is 0 Å². The molecule has 0 saturated heterocycles. The van der Waals surface area contributed by atoms with Crippen LogP contribution in [0.1, 0.15) is 130 Å². The van der Waals surface area contributed by atoms with Crippen LogP contribution in [0.5, 0.6) is 0 Å². The maximum atomic E-state index is 11.6. The van der Waals surface area contributed by atoms with Crippen LogP contribution in [0.2, 0.25) is 0 Å². The minimum atomic E-state index is -0.280. The number of rotatable bonds is 18. The van der Waals surface area contributed by atoms with E-state index in [1.165, 1.54) is 96.3 Å². The summed E-state index contributed by atoms with van der Waals surface area (Å²) in [5.74, 6) is -0.0138. The number of carbonyl (C=O) groups is 1. The van der Waals surface area contributed by atoms with Gasteiger partial charge >= 0.3 is 0 Å². The molecule has 25 heavy (non-hydrogen) atoms. The molecule has 0 unspecified atom stereocenters. The Morgan fingerprint density at radius 1 is 0.680 bits per heavy atom. The Morgan fingerprint density at radius 3 is 1.32 bits per heavy atom. The lowest BCUT2D eigenvalue weighted by atomic mass is 9.87. The lowest BCUT2D eigenvalue weighted by molar-refractivity contribution is -0.144. The van der Waals surface area contributed by atoms with Crippen molar-refractivity contribution in [2.75, 3.05) is 0 Å². The van der Waals surface area contributed by atoms with E-state index in [1.807, 2.05) is 13.8 Å². The molecule has 0 spiro atoms. The van der Waals surface area contributed by atoms with Crippen molar-refractivity contribution in [3.63, 3.8) is 0 Å². The normalized spacial score (nSPS) is 11.8. The predicted molar refractivity (Wildman–Crippen MR) is 114 cm³/mol. The van der Waals surface area contributed by atoms with E-state index in [1.54, 1.807) is 0 Å². The summed E-state index contributed by atoms with van der Waals surface area (Å²) in [6.45, 7) is 6.31. The van der Waals surface area contributed by atoms with Crippen molar-refractivity contribution >= 4 is 16.5 Å². The van der Waals surface area contributed by atoms with E-state index in [-0.39, 0.29) is 11.4 Å². The van der Waals surface area contributed by atoms with Crippen molar-refractivity contribution in [1.82, 2.24) is 0 Å². The van der Waals surface area contributed by atoms with Gasteiger partial charge in [-0.15, -0.1) is 0 Å². The van der Waals surface area contributed by atoms with Gasteiger partial charge in [0, 0.05) is 0 Å². The Hall–Kier alpha value is -0.313. The summed E-state index contributed by atoms with van der Waals surface area (Å²) in [6, 6.07) is 0. The molecular formula is C22H46O2Si. The molecule has 0 amide bonds. The zero-order valence-corrected chi connectivity index (χ0v) is 19.8. The average molecular weight is 371 g/mol. The highest BCUT2D eigenvalue weighted by molar-refractivity contribution is 6.06. The minimum Gasteiger partial charge on any atom is -0.528 e. The molecule has 0 aromatic carbocycles. The first-order chi connectivity index (χ1) is 12.0. The van der Waals surface area contributed by atoms with Crippen molar-refractivity contribution in [3.05, 3.63) is 0 Å². The van der Waals surface area contributed by atoms with Crippen LogP contribution in [0.15, 0.2) is 0 Å². The van der Waals surface area contributed by atoms with E-state index in [2.05, 4.69) is 6.92 Å². The Balaban J connectivity index is 3.20. The molecule has 0 saturated carbocycles. The van der Waals surface area contributed by atoms with Crippen LogP contribution in [0.25, 0.3) is 0 Å². The van der Waals surface area contributed by atoms with Crippen LogP contribution in [0.4, 0.5) is 0 Å². The fraction of sp³-hybridized carbons (Fsp3) is 0.955. The van der Waals surface area contributed by atoms with Gasteiger partial charge in [-0.05, 0) is 20.3 Å². The molecule has 2 nitrogen and oxygen atoms in total. The summed E-state index contributed by atoms with van der Waals surface area (Å²) in [4.78, 5) is 11.6. The maximum absolute atomic E-state index is 11.6. The van der Waals surface area contributed by atoms with Gasteiger partial charge in [-0.25, -0.2) is 0 Å². The van der Waals surface area contributed by atoms with E-state index in [9.17, 15) is 4.79 Å². The fourth-order valence-electron chi connectivity index (χ4n) is 3.49. The Morgan fingerprint density at radius 2 is 1.00 bits per heavy atom. The third kappa shape index (κ3) is 15.6. The largest absolute Gasteiger partial charge is 0.528 e. The highest BCUT2D eigenvalue weighted by atomic mass is 28.2. The van der Waals surface area contributed by atoms with E-state index in [0.29, 0.717) is 10.5 Å². The van der Waals surface area contributed by atoms with Gasteiger partial charge in [-0.2, -0.15) is 0 Å². The summed E-state index contributed by atoms with van der Waals surface area (Å²) in [6.07, 6.45) is 23.2. The second-order valence-electron chi connectivity index (χ2n) is 8.43. The highest BCUT2D eigenvalue weighted by Crippen LogP contribution is 2.25. The molecule has 0 aromatic rings. The maximum Gasteiger partial charge on any atom is 0.297 e. The van der Waals surface area contributed by atoms with Gasteiger partial charge in [0.05, 0.1) is 5.41 Å². The summed E-state index contributed by atoms with van der Waals surface area (Å²) in [5.41, 5.74) is -0.280. The predicted octanol–water partition coefficient (Wildman–Crippen LogP) is 6.49. The van der Waals surface area contributed by atoms with E-state index in [0.717, 1.165) is 12.8 Å². The monoisotopic (exact) mass is 370 g/mol. The zero-order valence-electron chi connectivity index (χ0n) is 17.8. The SMILES string of the molecule is CCCCCCCCCCCCCCCCCCC(C)(C)C(=O)O[SiH3]. The molecule has 0 atom stereocenters. The third-order valence-electron chi connectivity index (χ3n) is 5.39. The molecule has 0 aliphatic carbocycles. The van der Waals surface area contributed by atoms with Crippen molar-refractivity contribution in [1.29, 1.82) is 0 Å². The van der Waals surface area contributed by atoms with Gasteiger partial charge in [0.1, 0.15) is 0 Å². The van der Waals surface area contributed by atoms with Gasteiger partial charge in [-0.3, -0.25) is 4.79 Å². The zero-order chi connectivity index (χ0) is 18.8. The Bertz CT molecular complexity index is 302. The van der Waals surface area contributed by atoms with Crippen molar-refractivity contribution < 1.29 is 9.22 Å². The Kier molecular flexibility index (Phi) is 16.9. The number of unbranched alkanes of at least 4 members (excludes halogenated alkanes) is 15. The van der Waals surface area contributed by atoms with E-state index < -0.39 is 0 Å². The van der Waals surface area contributed by atoms with Crippen LogP contribution in [-0.2, 0) is 9.22 Å². The highest BCUT2D eigenvalue weighted by Gasteiger charge is 2.27. The molecule has 0 bridgehead atoms. The molecule has 0 heterocycles. The molecule has 0 aliphatic rings. The van der Waals surface area contributed by atoms with Gasteiger partial charge in [0.15, 0.2) is 0 Å². The van der Waals surface area contributed by atoms with Gasteiger partial charge in [0.25, 0.3) is 5.97 Å². The summed E-state index contributed by atoms with van der Waals surface area (Å²) in [5, 5.41) is 0. The number of hydrogen-bond donors (Lipinski definition) is 0. The van der Waals surface area contributed by atoms with Gasteiger partial charge < -0.3 is 4.43 Å². The van der Waals surface area contributed by atoms with Crippen LogP contribution < -0.4 is 0 Å². The second-order valence-corrected chi connectivity index (χ2v) is 8.84. The lowest BCUT2D eigenvalue weighted by Crippen LogP contribution is -2.25. The first kappa shape index (κ1) is 24.7. The number of carbonyl (C=O) groups excluding carboxylic acids is 1. The third-order valence-corrected chi connectivity index (χ3v) is 5.76. The fourth-order valence-corrected chi connectivity index (χ4v) is 4.05. The van der Waals surface area contributed by atoms with Crippen molar-refractivity contribution in [2.24, 2.45) is 5.41 Å². The Labute approximate surface area is 161 Å². The molecule has 3 heteroatoms. The molecule has 150 valence electrons. The molecule has 0 fully saturated rings. The van der Waals surface area contributed by atoms with Crippen LogP contribution in [0.3, 0.4) is 0 Å². The topological polar surface area (TPSA) is 26.3 Å². The first-order valence-electron chi connectivity index (χ1n) is 11.1. The second kappa shape index (κ2) is 17.1. The molecule has 0 N–H and O–H groups in total. The van der Waals surface area contributed by atoms with Crippen LogP contribution in [0, 0.1) is 5.41 Å². The minimum absolute atomic E-state index is 0.0138. The average Bonchev–Trinajstić information content (AvgIpc) is 2.60. The smallest absolute Gasteiger partial charge is 0.297 e. The standard InChI is InChI=1S/C22H46O2Si/c1-4-5-6-7-8-9-10-11-12-13-14-15-16-17-18-19-20-22(2,3)21(23)24-25/h4-20H2,1-3,25H3. The summed E-state index contributed by atoms with van der Waals surface area (Å²) in [7, 11) is 0.515. The van der Waals surface area contributed by atoms with E-state index in [4.69, 9.17) is 4.43 Å². The first-order valence-corrected chi connectivity index (χ1v) is 11.9. The quantitative estimate of drug-likeness (QED) is 0.204. The molecule has 0 aromatic heterocycles. The van der Waals surface area contributed by atoms with Gasteiger partial charge in [-0.1, -0.05) is 110 Å². The summed E-state index contributed by atoms with van der Waals surface area (Å²) >= 11 is 0. The van der Waals surface area contributed by atoms with Crippen molar-refractivity contribution in [2.45, 2.75) is 130 Å². The lowest BCUT2D eigenvalue weighted by Gasteiger charge is -2.21.